The number of aldehydes is 2. The first-order valence-corrected chi connectivity index (χ1v) is 3.80. The largest absolute Gasteiger partial charge is 0.481 e. The first-order chi connectivity index (χ1) is 6.61. The Kier molecular flexibility index (Phi) is 5.62. The molecule has 4 nitrogen and oxygen atoms in total. The monoisotopic (exact) mass is 194 g/mol. The number of carbonyl (C=O) groups is 3. The van der Waals surface area contributed by atoms with Gasteiger partial charge in [-0.15, -0.1) is 0 Å². The molecule has 0 unspecified atom stereocenters. The van der Waals surface area contributed by atoms with E-state index in [1.807, 2.05) is 0 Å². The van der Waals surface area contributed by atoms with Crippen molar-refractivity contribution in [2.75, 3.05) is 0 Å². The molecule has 0 atom stereocenters. The average Bonchev–Trinajstić information content (AvgIpc) is 2.17. The van der Waals surface area contributed by atoms with Gasteiger partial charge in [0.05, 0.1) is 0 Å². The summed E-state index contributed by atoms with van der Waals surface area (Å²) in [6.45, 7) is 1.08. The molecule has 14 heavy (non-hydrogen) atoms. The van der Waals surface area contributed by atoms with Crippen molar-refractivity contribution in [1.82, 2.24) is 0 Å². The Labute approximate surface area is 81.2 Å². The molecular formula is C10H10O4. The van der Waals surface area contributed by atoms with E-state index in [1.54, 1.807) is 24.3 Å². The molecule has 74 valence electrons. The Bertz CT molecular complexity index is 300. The van der Waals surface area contributed by atoms with Gasteiger partial charge in [0.1, 0.15) is 0 Å². The number of aliphatic carboxylic acids is 1. The van der Waals surface area contributed by atoms with Gasteiger partial charge in [-0.05, 0) is 0 Å². The molecule has 0 heterocycles. The summed E-state index contributed by atoms with van der Waals surface area (Å²) in [4.78, 5) is 29.5. The summed E-state index contributed by atoms with van der Waals surface area (Å²) in [5.41, 5.74) is 0.884. The lowest BCUT2D eigenvalue weighted by atomic mass is 10.1. The van der Waals surface area contributed by atoms with E-state index in [2.05, 4.69) is 0 Å². The van der Waals surface area contributed by atoms with Crippen molar-refractivity contribution < 1.29 is 19.5 Å². The maximum Gasteiger partial charge on any atom is 0.300 e. The van der Waals surface area contributed by atoms with Crippen LogP contribution in [0, 0.1) is 0 Å². The van der Waals surface area contributed by atoms with E-state index in [4.69, 9.17) is 9.90 Å². The predicted molar refractivity (Wildman–Crippen MR) is 50.5 cm³/mol. The van der Waals surface area contributed by atoms with E-state index in [0.29, 0.717) is 23.7 Å². The Morgan fingerprint density at radius 2 is 1.43 bits per heavy atom. The minimum atomic E-state index is -0.833. The molecule has 1 rings (SSSR count). The summed E-state index contributed by atoms with van der Waals surface area (Å²) in [5, 5.41) is 7.42. The molecule has 0 saturated carbocycles. The molecule has 0 spiro atoms. The van der Waals surface area contributed by atoms with E-state index in [0.717, 1.165) is 6.92 Å². The maximum atomic E-state index is 10.2. The van der Waals surface area contributed by atoms with Gasteiger partial charge in [0.25, 0.3) is 5.97 Å². The van der Waals surface area contributed by atoms with Crippen LogP contribution in [-0.4, -0.2) is 23.6 Å². The highest BCUT2D eigenvalue weighted by Gasteiger charge is 1.95. The molecule has 0 amide bonds. The zero-order valence-electron chi connectivity index (χ0n) is 7.64. The van der Waals surface area contributed by atoms with E-state index < -0.39 is 5.97 Å². The molecule has 0 aromatic heterocycles. The quantitative estimate of drug-likeness (QED) is 0.722. The summed E-state index contributed by atoms with van der Waals surface area (Å²) in [5.74, 6) is -0.833. The minimum absolute atomic E-state index is 0.442. The van der Waals surface area contributed by atoms with E-state index >= 15 is 0 Å². The fourth-order valence-electron chi connectivity index (χ4n) is 0.726. The van der Waals surface area contributed by atoms with Gasteiger partial charge in [-0.3, -0.25) is 14.4 Å². The third kappa shape index (κ3) is 4.82. The molecule has 1 aromatic rings. The second-order valence-corrected chi connectivity index (χ2v) is 2.38. The lowest BCUT2D eigenvalue weighted by molar-refractivity contribution is -0.134. The van der Waals surface area contributed by atoms with Crippen LogP contribution < -0.4 is 0 Å². The van der Waals surface area contributed by atoms with Crippen molar-refractivity contribution >= 4 is 18.5 Å². The average molecular weight is 194 g/mol. The van der Waals surface area contributed by atoms with Crippen molar-refractivity contribution in [1.29, 1.82) is 0 Å². The lowest BCUT2D eigenvalue weighted by Gasteiger charge is -1.91. The Balaban J connectivity index is 0.000000364. The van der Waals surface area contributed by atoms with Crippen LogP contribution in [0.4, 0.5) is 0 Å². The van der Waals surface area contributed by atoms with Gasteiger partial charge < -0.3 is 5.11 Å². The van der Waals surface area contributed by atoms with Crippen LogP contribution in [0.1, 0.15) is 27.6 Å². The molecule has 0 aliphatic heterocycles. The molecule has 0 bridgehead atoms. The Morgan fingerprint density at radius 3 is 1.64 bits per heavy atom. The molecule has 0 saturated heterocycles. The van der Waals surface area contributed by atoms with Gasteiger partial charge in [-0.1, -0.05) is 24.3 Å². The fourth-order valence-corrected chi connectivity index (χ4v) is 0.726. The van der Waals surface area contributed by atoms with Crippen molar-refractivity contribution in [3.8, 4) is 0 Å². The third-order valence-electron chi connectivity index (χ3n) is 1.25. The number of rotatable bonds is 2. The van der Waals surface area contributed by atoms with E-state index in [1.165, 1.54) is 0 Å². The van der Waals surface area contributed by atoms with E-state index in [9.17, 15) is 9.59 Å². The van der Waals surface area contributed by atoms with Gasteiger partial charge in [-0.2, -0.15) is 0 Å². The highest BCUT2D eigenvalue weighted by Crippen LogP contribution is 2.01. The molecule has 0 aliphatic rings. The van der Waals surface area contributed by atoms with Gasteiger partial charge in [0.2, 0.25) is 0 Å². The van der Waals surface area contributed by atoms with Crippen LogP contribution >= 0.6 is 0 Å². The predicted octanol–water partition coefficient (Wildman–Crippen LogP) is 1.40. The van der Waals surface area contributed by atoms with Gasteiger partial charge in [0.15, 0.2) is 12.6 Å². The van der Waals surface area contributed by atoms with Crippen LogP contribution in [0.3, 0.4) is 0 Å². The number of hydrogen-bond acceptors (Lipinski definition) is 3. The smallest absolute Gasteiger partial charge is 0.300 e. The number of carboxylic acids is 1. The Morgan fingerprint density at radius 1 is 1.14 bits per heavy atom. The highest BCUT2D eigenvalue weighted by molar-refractivity contribution is 5.89. The number of carboxylic acid groups (broad SMARTS) is 1. The molecule has 0 fully saturated rings. The van der Waals surface area contributed by atoms with Gasteiger partial charge >= 0.3 is 0 Å². The first-order valence-electron chi connectivity index (χ1n) is 3.80. The zero-order chi connectivity index (χ0) is 11.0. The van der Waals surface area contributed by atoms with Crippen LogP contribution in [0.5, 0.6) is 0 Å². The Hall–Kier alpha value is -1.97. The third-order valence-corrected chi connectivity index (χ3v) is 1.25. The maximum absolute atomic E-state index is 10.2. The summed E-state index contributed by atoms with van der Waals surface area (Å²) < 4.78 is 0. The van der Waals surface area contributed by atoms with Crippen LogP contribution in [0.2, 0.25) is 0 Å². The second-order valence-electron chi connectivity index (χ2n) is 2.38. The van der Waals surface area contributed by atoms with Crippen LogP contribution in [-0.2, 0) is 4.79 Å². The fraction of sp³-hybridized carbons (Fsp3) is 0.100. The normalized spacial score (nSPS) is 8.07. The summed E-state index contributed by atoms with van der Waals surface area (Å²) >= 11 is 0. The number of hydrogen-bond donors (Lipinski definition) is 1. The zero-order valence-corrected chi connectivity index (χ0v) is 7.64. The molecule has 4 heteroatoms. The van der Waals surface area contributed by atoms with Gasteiger partial charge in [-0.25, -0.2) is 0 Å². The molecule has 1 aromatic carbocycles. The highest BCUT2D eigenvalue weighted by atomic mass is 16.4. The van der Waals surface area contributed by atoms with Gasteiger partial charge in [0, 0.05) is 18.1 Å². The van der Waals surface area contributed by atoms with Crippen molar-refractivity contribution in [2.24, 2.45) is 0 Å². The van der Waals surface area contributed by atoms with Crippen LogP contribution in [0.25, 0.3) is 0 Å². The van der Waals surface area contributed by atoms with Crippen molar-refractivity contribution in [3.05, 3.63) is 35.4 Å². The summed E-state index contributed by atoms with van der Waals surface area (Å²) in [6.07, 6.45) is 1.34. The molecule has 1 N–H and O–H groups in total. The summed E-state index contributed by atoms with van der Waals surface area (Å²) in [7, 11) is 0. The van der Waals surface area contributed by atoms with Crippen LogP contribution in [0.15, 0.2) is 24.3 Å². The SMILES string of the molecule is CC(=O)O.O=Cc1ccccc1C=O. The molecular weight excluding hydrogens is 184 g/mol. The second kappa shape index (κ2) is 6.54. The summed E-state index contributed by atoms with van der Waals surface area (Å²) in [6, 6.07) is 6.65. The van der Waals surface area contributed by atoms with E-state index in [-0.39, 0.29) is 0 Å². The number of benzene rings is 1. The first kappa shape index (κ1) is 12.0. The number of carbonyl (C=O) groups excluding carboxylic acids is 2. The standard InChI is InChI=1S/C8H6O2.C2H4O2/c9-5-7-3-1-2-4-8(7)6-10;1-2(3)4/h1-6H;1H3,(H,3,4). The molecule has 0 aliphatic carbocycles. The topological polar surface area (TPSA) is 71.4 Å². The minimum Gasteiger partial charge on any atom is -0.481 e. The van der Waals surface area contributed by atoms with Crippen molar-refractivity contribution in [3.63, 3.8) is 0 Å². The lowest BCUT2D eigenvalue weighted by Crippen LogP contribution is -1.87. The molecule has 0 radical (unpaired) electrons. The van der Waals surface area contributed by atoms with Crippen molar-refractivity contribution in [2.45, 2.75) is 6.92 Å².